The van der Waals surface area contributed by atoms with Gasteiger partial charge in [-0.15, -0.1) is 6.58 Å². The molecule has 0 saturated heterocycles. The predicted molar refractivity (Wildman–Crippen MR) is 63.1 cm³/mol. The zero-order valence-electron chi connectivity index (χ0n) is 10.3. The summed E-state index contributed by atoms with van der Waals surface area (Å²) in [5, 5.41) is 0. The van der Waals surface area contributed by atoms with Crippen molar-refractivity contribution in [2.75, 3.05) is 14.2 Å². The van der Waals surface area contributed by atoms with Crippen molar-refractivity contribution in [3.63, 3.8) is 0 Å². The maximum Gasteiger partial charge on any atom is 0.313 e. The second-order valence-corrected chi connectivity index (χ2v) is 4.13. The third kappa shape index (κ3) is 2.40. The van der Waals surface area contributed by atoms with E-state index in [0.717, 1.165) is 0 Å². The maximum absolute atomic E-state index is 12.0. The summed E-state index contributed by atoms with van der Waals surface area (Å²) in [7, 11) is 2.66. The molecule has 1 aliphatic carbocycles. The quantitative estimate of drug-likeness (QED) is 0.554. The van der Waals surface area contributed by atoms with Crippen LogP contribution in [0.1, 0.15) is 19.3 Å². The molecular weight excluding hydrogens is 220 g/mol. The average molecular weight is 238 g/mol. The Bertz CT molecular complexity index is 345. The van der Waals surface area contributed by atoms with Crippen LogP contribution < -0.4 is 0 Å². The molecule has 4 nitrogen and oxygen atoms in total. The minimum absolute atomic E-state index is 0.374. The molecule has 0 aromatic rings. The lowest BCUT2D eigenvalue weighted by Gasteiger charge is -2.37. The van der Waals surface area contributed by atoms with Crippen molar-refractivity contribution in [2.45, 2.75) is 19.3 Å². The Balaban J connectivity index is 3.13. The van der Waals surface area contributed by atoms with E-state index in [1.807, 2.05) is 12.2 Å². The minimum Gasteiger partial charge on any atom is -0.469 e. The summed E-state index contributed by atoms with van der Waals surface area (Å²) in [4.78, 5) is 23.8. The van der Waals surface area contributed by atoms with Crippen LogP contribution in [0.2, 0.25) is 0 Å². The van der Waals surface area contributed by atoms with Crippen molar-refractivity contribution in [1.29, 1.82) is 0 Å². The van der Waals surface area contributed by atoms with Gasteiger partial charge in [-0.3, -0.25) is 9.59 Å². The molecule has 2 atom stereocenters. The Hall–Kier alpha value is -1.58. The largest absolute Gasteiger partial charge is 0.469 e. The van der Waals surface area contributed by atoms with Gasteiger partial charge in [0.25, 0.3) is 0 Å². The molecule has 17 heavy (non-hydrogen) atoms. The van der Waals surface area contributed by atoms with E-state index in [-0.39, 0.29) is 11.9 Å². The Labute approximate surface area is 101 Å². The highest BCUT2D eigenvalue weighted by molar-refractivity contribution is 5.86. The van der Waals surface area contributed by atoms with Gasteiger partial charge in [-0.25, -0.2) is 0 Å². The molecule has 0 aliphatic heterocycles. The van der Waals surface area contributed by atoms with Crippen LogP contribution in [-0.2, 0) is 19.1 Å². The van der Waals surface area contributed by atoms with Crippen molar-refractivity contribution >= 4 is 11.9 Å². The Morgan fingerprint density at radius 1 is 1.41 bits per heavy atom. The van der Waals surface area contributed by atoms with Crippen LogP contribution in [-0.4, -0.2) is 26.2 Å². The number of rotatable bonds is 4. The van der Waals surface area contributed by atoms with Crippen LogP contribution in [0.25, 0.3) is 0 Å². The van der Waals surface area contributed by atoms with E-state index in [0.29, 0.717) is 19.3 Å². The lowest BCUT2D eigenvalue weighted by Crippen LogP contribution is -2.44. The van der Waals surface area contributed by atoms with Gasteiger partial charge in [0.05, 0.1) is 25.6 Å². The number of hydrogen-bond donors (Lipinski definition) is 0. The third-order valence-corrected chi connectivity index (χ3v) is 3.27. The van der Waals surface area contributed by atoms with Crippen molar-refractivity contribution in [3.8, 4) is 0 Å². The van der Waals surface area contributed by atoms with Gasteiger partial charge in [-0.1, -0.05) is 18.2 Å². The first-order valence-electron chi connectivity index (χ1n) is 5.54. The molecule has 0 unspecified atom stereocenters. The normalized spacial score (nSPS) is 27.3. The highest BCUT2D eigenvalue weighted by Gasteiger charge is 2.49. The van der Waals surface area contributed by atoms with E-state index in [2.05, 4.69) is 6.58 Å². The van der Waals surface area contributed by atoms with Crippen LogP contribution in [0.3, 0.4) is 0 Å². The summed E-state index contributed by atoms with van der Waals surface area (Å²) in [6.45, 7) is 3.65. The first kappa shape index (κ1) is 13.5. The van der Waals surface area contributed by atoms with Crippen molar-refractivity contribution in [2.24, 2.45) is 11.3 Å². The molecule has 0 spiro atoms. The highest BCUT2D eigenvalue weighted by atomic mass is 16.5. The summed E-state index contributed by atoms with van der Waals surface area (Å²) in [5.74, 6) is -1.25. The predicted octanol–water partition coefficient (Wildman–Crippen LogP) is 1.86. The number of hydrogen-bond acceptors (Lipinski definition) is 4. The fourth-order valence-electron chi connectivity index (χ4n) is 2.35. The van der Waals surface area contributed by atoms with Crippen molar-refractivity contribution in [3.05, 3.63) is 24.8 Å². The van der Waals surface area contributed by atoms with E-state index >= 15 is 0 Å². The number of methoxy groups -OCH3 is 2. The van der Waals surface area contributed by atoms with Gasteiger partial charge in [0.2, 0.25) is 0 Å². The third-order valence-electron chi connectivity index (χ3n) is 3.27. The van der Waals surface area contributed by atoms with Crippen molar-refractivity contribution in [1.82, 2.24) is 0 Å². The molecule has 0 radical (unpaired) electrons. The smallest absolute Gasteiger partial charge is 0.313 e. The molecule has 0 N–H and O–H groups in total. The molecule has 1 rings (SSSR count). The SMILES string of the molecule is C=CC[C@]1(C(=O)OC)CC=CC[C@H]1C(=O)OC. The monoisotopic (exact) mass is 238 g/mol. The summed E-state index contributed by atoms with van der Waals surface area (Å²) in [5.41, 5.74) is -0.863. The maximum atomic E-state index is 12.0. The first-order chi connectivity index (χ1) is 8.12. The van der Waals surface area contributed by atoms with Gasteiger partial charge in [-0.05, 0) is 19.3 Å². The highest BCUT2D eigenvalue weighted by Crippen LogP contribution is 2.43. The van der Waals surface area contributed by atoms with Crippen LogP contribution in [0.4, 0.5) is 0 Å². The van der Waals surface area contributed by atoms with Gasteiger partial charge < -0.3 is 9.47 Å². The number of ether oxygens (including phenoxy) is 2. The number of carbonyl (C=O) groups is 2. The Kier molecular flexibility index (Phi) is 4.49. The van der Waals surface area contributed by atoms with Crippen LogP contribution >= 0.6 is 0 Å². The molecule has 0 heterocycles. The molecular formula is C13H18O4. The van der Waals surface area contributed by atoms with E-state index in [1.54, 1.807) is 6.08 Å². The number of esters is 2. The topological polar surface area (TPSA) is 52.6 Å². The van der Waals surface area contributed by atoms with E-state index in [4.69, 9.17) is 9.47 Å². The summed E-state index contributed by atoms with van der Waals surface area (Å²) >= 11 is 0. The van der Waals surface area contributed by atoms with E-state index in [9.17, 15) is 9.59 Å². The fraction of sp³-hybridized carbons (Fsp3) is 0.538. The van der Waals surface area contributed by atoms with Gasteiger partial charge >= 0.3 is 11.9 Å². The zero-order chi connectivity index (χ0) is 12.9. The number of allylic oxidation sites excluding steroid dienone is 3. The Morgan fingerprint density at radius 2 is 2.12 bits per heavy atom. The van der Waals surface area contributed by atoms with Crippen molar-refractivity contribution < 1.29 is 19.1 Å². The minimum atomic E-state index is -0.863. The molecule has 94 valence electrons. The van der Waals surface area contributed by atoms with Gasteiger partial charge in [0.15, 0.2) is 0 Å². The van der Waals surface area contributed by atoms with Gasteiger partial charge in [0, 0.05) is 0 Å². The molecule has 4 heteroatoms. The van der Waals surface area contributed by atoms with Crippen LogP contribution in [0.5, 0.6) is 0 Å². The lowest BCUT2D eigenvalue weighted by atomic mass is 9.66. The molecule has 0 aromatic heterocycles. The molecule has 0 bridgehead atoms. The first-order valence-corrected chi connectivity index (χ1v) is 5.54. The second kappa shape index (κ2) is 5.66. The van der Waals surface area contributed by atoms with E-state index < -0.39 is 11.3 Å². The Morgan fingerprint density at radius 3 is 2.65 bits per heavy atom. The lowest BCUT2D eigenvalue weighted by molar-refractivity contribution is -0.166. The summed E-state index contributed by atoms with van der Waals surface area (Å²) in [6.07, 6.45) is 6.82. The summed E-state index contributed by atoms with van der Waals surface area (Å²) in [6, 6.07) is 0. The fourth-order valence-corrected chi connectivity index (χ4v) is 2.35. The standard InChI is InChI=1S/C13H18O4/c1-4-8-13(12(15)17-3)9-6-5-7-10(13)11(14)16-2/h4-6,10H,1,7-9H2,2-3H3/t10-,13-/m0/s1. The van der Waals surface area contributed by atoms with Crippen LogP contribution in [0.15, 0.2) is 24.8 Å². The molecule has 0 amide bonds. The van der Waals surface area contributed by atoms with Crippen LogP contribution in [0, 0.1) is 11.3 Å². The number of carbonyl (C=O) groups excluding carboxylic acids is 2. The second-order valence-electron chi connectivity index (χ2n) is 4.13. The molecule has 0 saturated carbocycles. The van der Waals surface area contributed by atoms with E-state index in [1.165, 1.54) is 14.2 Å². The molecule has 1 aliphatic rings. The molecule has 0 fully saturated rings. The molecule has 0 aromatic carbocycles. The average Bonchev–Trinajstić information content (AvgIpc) is 2.37. The summed E-state index contributed by atoms with van der Waals surface area (Å²) < 4.78 is 9.61. The van der Waals surface area contributed by atoms with Gasteiger partial charge in [-0.2, -0.15) is 0 Å². The zero-order valence-corrected chi connectivity index (χ0v) is 10.3. The van der Waals surface area contributed by atoms with Gasteiger partial charge in [0.1, 0.15) is 0 Å².